The molecular formula is C52H39N3O. The van der Waals surface area contributed by atoms with E-state index in [2.05, 4.69) is 152 Å². The van der Waals surface area contributed by atoms with E-state index in [0.29, 0.717) is 23.5 Å². The van der Waals surface area contributed by atoms with Crippen LogP contribution >= 0.6 is 0 Å². The average Bonchev–Trinajstić information content (AvgIpc) is 3.64. The molecule has 3 aliphatic carbocycles. The minimum absolute atomic E-state index is 0.336. The van der Waals surface area contributed by atoms with Crippen LogP contribution in [0.5, 0.6) is 0 Å². The maximum atomic E-state index is 6.57. The molecule has 0 saturated heterocycles. The molecule has 56 heavy (non-hydrogen) atoms. The quantitative estimate of drug-likeness (QED) is 0.154. The number of benzene rings is 5. The molecule has 4 nitrogen and oxygen atoms in total. The van der Waals surface area contributed by atoms with Gasteiger partial charge in [-0.15, -0.1) is 0 Å². The average molecular weight is 722 g/mol. The van der Waals surface area contributed by atoms with E-state index in [1.165, 1.54) is 16.7 Å². The van der Waals surface area contributed by atoms with Crippen molar-refractivity contribution in [2.24, 2.45) is 11.8 Å². The molecule has 0 radical (unpaired) electrons. The molecule has 4 heteroatoms. The summed E-state index contributed by atoms with van der Waals surface area (Å²) < 4.78 is 6.57. The third-order valence-electron chi connectivity index (χ3n) is 11.1. The van der Waals surface area contributed by atoms with E-state index in [-0.39, 0.29) is 0 Å². The minimum atomic E-state index is 0.336. The summed E-state index contributed by atoms with van der Waals surface area (Å²) in [4.78, 5) is 15.5. The Morgan fingerprint density at radius 3 is 2.34 bits per heavy atom. The van der Waals surface area contributed by atoms with E-state index in [1.54, 1.807) is 0 Å². The van der Waals surface area contributed by atoms with E-state index in [1.807, 2.05) is 37.3 Å². The van der Waals surface area contributed by atoms with Gasteiger partial charge in [-0.3, -0.25) is 0 Å². The molecule has 7 aromatic rings. The largest absolute Gasteiger partial charge is 0.456 e. The van der Waals surface area contributed by atoms with Gasteiger partial charge >= 0.3 is 0 Å². The summed E-state index contributed by atoms with van der Waals surface area (Å²) >= 11 is 0. The molecule has 0 fully saturated rings. The lowest BCUT2D eigenvalue weighted by Gasteiger charge is -2.23. The second-order valence-corrected chi connectivity index (χ2v) is 14.6. The summed E-state index contributed by atoms with van der Waals surface area (Å²) in [5.41, 5.74) is 12.9. The van der Waals surface area contributed by atoms with E-state index in [0.717, 1.165) is 79.6 Å². The van der Waals surface area contributed by atoms with Crippen LogP contribution in [0.4, 0.5) is 0 Å². The smallest absolute Gasteiger partial charge is 0.164 e. The molecule has 268 valence electrons. The summed E-state index contributed by atoms with van der Waals surface area (Å²) in [7, 11) is 0. The van der Waals surface area contributed by atoms with Crippen LogP contribution in [0.2, 0.25) is 0 Å². The fraction of sp³-hybridized carbons (Fsp3) is 0.0962. The van der Waals surface area contributed by atoms with Gasteiger partial charge in [0, 0.05) is 33.7 Å². The second-order valence-electron chi connectivity index (χ2n) is 14.6. The molecule has 0 bridgehead atoms. The topological polar surface area (TPSA) is 51.8 Å². The Balaban J connectivity index is 1.15. The Bertz CT molecular complexity index is 2880. The zero-order valence-electron chi connectivity index (χ0n) is 31.1. The van der Waals surface area contributed by atoms with E-state index in [9.17, 15) is 0 Å². The van der Waals surface area contributed by atoms with Gasteiger partial charge in [0.05, 0.1) is 0 Å². The van der Waals surface area contributed by atoms with Gasteiger partial charge in [0.15, 0.2) is 17.5 Å². The van der Waals surface area contributed by atoms with Gasteiger partial charge in [0.2, 0.25) is 0 Å². The van der Waals surface area contributed by atoms with Crippen LogP contribution in [0.3, 0.4) is 0 Å². The Morgan fingerprint density at radius 2 is 1.43 bits per heavy atom. The van der Waals surface area contributed by atoms with Crippen molar-refractivity contribution in [3.05, 3.63) is 198 Å². The second kappa shape index (κ2) is 14.4. The van der Waals surface area contributed by atoms with Gasteiger partial charge in [-0.2, -0.15) is 0 Å². The lowest BCUT2D eigenvalue weighted by atomic mass is 9.81. The fourth-order valence-corrected chi connectivity index (χ4v) is 8.23. The highest BCUT2D eigenvalue weighted by molar-refractivity contribution is 6.13. The molecular weight excluding hydrogens is 683 g/mol. The lowest BCUT2D eigenvalue weighted by Crippen LogP contribution is -2.11. The van der Waals surface area contributed by atoms with Gasteiger partial charge in [-0.1, -0.05) is 146 Å². The number of rotatable bonds is 7. The van der Waals surface area contributed by atoms with Crippen molar-refractivity contribution in [2.45, 2.75) is 19.8 Å². The first-order valence-corrected chi connectivity index (χ1v) is 19.4. The molecule has 5 aromatic carbocycles. The molecule has 10 rings (SSSR count). The number of para-hydroxylation sites is 1. The zero-order chi connectivity index (χ0) is 37.4. The third-order valence-corrected chi connectivity index (χ3v) is 11.1. The molecule has 2 unspecified atom stereocenters. The molecule has 2 heterocycles. The molecule has 0 amide bonds. The van der Waals surface area contributed by atoms with E-state index >= 15 is 0 Å². The van der Waals surface area contributed by atoms with Crippen molar-refractivity contribution >= 4 is 45.2 Å². The van der Waals surface area contributed by atoms with Crippen LogP contribution in [0.1, 0.15) is 41.4 Å². The number of furan rings is 1. The molecule has 2 aromatic heterocycles. The van der Waals surface area contributed by atoms with E-state index < -0.39 is 0 Å². The Kier molecular flexibility index (Phi) is 8.64. The van der Waals surface area contributed by atoms with Crippen molar-refractivity contribution in [1.82, 2.24) is 15.0 Å². The van der Waals surface area contributed by atoms with Gasteiger partial charge in [-0.25, -0.2) is 15.0 Å². The standard InChI is InChI=1S/C52H39N3O/c1-2-3-5-20-40-31-41(46-32-43(39-25-23-34-14-8-10-18-37(34)29-39)33-48-49(46)45-21-12-13-22-47(45)56-48)27-28-44(40)52-54-50(36-16-6-4-7-17-36)53-51(55-52)42-26-24-35-15-9-11-19-38(35)30-42/h2-23,25,27-34,37H,24,26H2,1H3/b3-2-,20-5-. The molecule has 0 aliphatic heterocycles. The zero-order valence-corrected chi connectivity index (χ0v) is 31.1. The van der Waals surface area contributed by atoms with Crippen LogP contribution in [-0.4, -0.2) is 15.0 Å². The number of aromatic nitrogens is 3. The SMILES string of the molecule is C/C=C\C=C/c1cc(-c2cc(C3=CC4C=CC=CC4C=C3)cc3oc4ccccc4c23)ccc1-c1nc(C2=Cc3ccccc3CC2)nc(-c2ccccc2)n1. The number of nitrogens with zero attached hydrogens (tertiary/aromatic N) is 3. The molecule has 2 atom stereocenters. The lowest BCUT2D eigenvalue weighted by molar-refractivity contribution is 0.662. The predicted molar refractivity (Wildman–Crippen MR) is 232 cm³/mol. The van der Waals surface area contributed by atoms with Crippen molar-refractivity contribution < 1.29 is 4.42 Å². The molecule has 3 aliphatic rings. The van der Waals surface area contributed by atoms with Crippen LogP contribution < -0.4 is 0 Å². The van der Waals surface area contributed by atoms with Crippen LogP contribution in [0.15, 0.2) is 174 Å². The summed E-state index contributed by atoms with van der Waals surface area (Å²) in [6, 6.07) is 38.3. The van der Waals surface area contributed by atoms with Crippen molar-refractivity contribution in [3.8, 4) is 33.9 Å². The van der Waals surface area contributed by atoms with Crippen molar-refractivity contribution in [2.75, 3.05) is 0 Å². The number of hydrogen-bond acceptors (Lipinski definition) is 4. The van der Waals surface area contributed by atoms with Gasteiger partial charge in [0.25, 0.3) is 0 Å². The Hall–Kier alpha value is -6.91. The third kappa shape index (κ3) is 6.29. The summed E-state index contributed by atoms with van der Waals surface area (Å²) in [5.74, 6) is 2.75. The normalized spacial score (nSPS) is 17.4. The van der Waals surface area contributed by atoms with Crippen LogP contribution in [-0.2, 0) is 6.42 Å². The first-order valence-electron chi connectivity index (χ1n) is 19.4. The van der Waals surface area contributed by atoms with E-state index in [4.69, 9.17) is 19.4 Å². The number of allylic oxidation sites excluding steroid dienone is 12. The van der Waals surface area contributed by atoms with Crippen LogP contribution in [0.25, 0.3) is 79.1 Å². The monoisotopic (exact) mass is 721 g/mol. The fourth-order valence-electron chi connectivity index (χ4n) is 8.23. The predicted octanol–water partition coefficient (Wildman–Crippen LogP) is 13.2. The maximum absolute atomic E-state index is 6.57. The van der Waals surface area contributed by atoms with Crippen molar-refractivity contribution in [3.63, 3.8) is 0 Å². The maximum Gasteiger partial charge on any atom is 0.164 e. The highest BCUT2D eigenvalue weighted by Crippen LogP contribution is 2.42. The summed E-state index contributed by atoms with van der Waals surface area (Å²) in [6.07, 6.45) is 28.2. The van der Waals surface area contributed by atoms with Gasteiger partial charge in [-0.05, 0) is 101 Å². The first kappa shape index (κ1) is 33.6. The number of hydrogen-bond donors (Lipinski definition) is 0. The Labute approximate surface area is 327 Å². The van der Waals surface area contributed by atoms with Crippen molar-refractivity contribution in [1.29, 1.82) is 0 Å². The summed E-state index contributed by atoms with van der Waals surface area (Å²) in [6.45, 7) is 2.03. The van der Waals surface area contributed by atoms with Crippen LogP contribution in [0, 0.1) is 11.8 Å². The highest BCUT2D eigenvalue weighted by Gasteiger charge is 2.23. The number of aryl methyl sites for hydroxylation is 1. The van der Waals surface area contributed by atoms with Gasteiger partial charge < -0.3 is 4.42 Å². The summed E-state index contributed by atoms with van der Waals surface area (Å²) in [5, 5.41) is 2.21. The minimum Gasteiger partial charge on any atom is -0.456 e. The highest BCUT2D eigenvalue weighted by atomic mass is 16.3. The Morgan fingerprint density at radius 1 is 0.625 bits per heavy atom. The number of fused-ring (bicyclic) bond motifs is 5. The molecule has 0 N–H and O–H groups in total. The van der Waals surface area contributed by atoms with Gasteiger partial charge in [0.1, 0.15) is 11.2 Å². The molecule has 0 saturated carbocycles. The first-order chi connectivity index (χ1) is 27.7. The molecule has 0 spiro atoms.